The molecular weight excluding hydrogens is 403 g/mol. The fourth-order valence-corrected chi connectivity index (χ4v) is 3.51. The molecule has 0 fully saturated rings. The van der Waals surface area contributed by atoms with Crippen LogP contribution in [0.3, 0.4) is 0 Å². The van der Waals surface area contributed by atoms with Crippen molar-refractivity contribution in [2.24, 2.45) is 16.6 Å². The average Bonchev–Trinajstić information content (AvgIpc) is 3.04. The molecule has 0 aliphatic carbocycles. The second-order valence-electron chi connectivity index (χ2n) is 4.86. The Morgan fingerprint density at radius 1 is 1.41 bits per heavy atom. The van der Waals surface area contributed by atoms with Gasteiger partial charge in [0.1, 0.15) is 10.8 Å². The molecule has 0 radical (unpaired) electrons. The number of thiazole rings is 1. The predicted molar refractivity (Wildman–Crippen MR) is 96.0 cm³/mol. The van der Waals surface area contributed by atoms with Gasteiger partial charge in [0, 0.05) is 0 Å². The van der Waals surface area contributed by atoms with Crippen molar-refractivity contribution in [3.05, 3.63) is 40.8 Å². The zero-order chi connectivity index (χ0) is 20.1. The Balaban J connectivity index is 2.32. The number of hydrogen-bond donors (Lipinski definition) is 5. The Kier molecular flexibility index (Phi) is 6.38. The number of hydrogen-bond acceptors (Lipinski definition) is 6. The standard InChI is InChI=1S/C13H13FN6O5S2/c14-8-4-7(2-1-6(8)3-9(21)18-19-13(15)16)20(27(24)25)11-10(12(22)23)17-5-26-11/h1-2,4-5H,3H2,(H,18,21)(H,22,23)(H,24,25)(H4,15,16,19). The van der Waals surface area contributed by atoms with E-state index in [4.69, 9.17) is 16.6 Å². The Hall–Kier alpha value is -3.10. The Bertz CT molecular complexity index is 930. The van der Waals surface area contributed by atoms with Crippen LogP contribution in [0.4, 0.5) is 15.1 Å². The van der Waals surface area contributed by atoms with Crippen LogP contribution in [0.2, 0.25) is 0 Å². The number of carbonyl (C=O) groups excluding carboxylic acids is 1. The molecule has 1 atom stereocenters. The molecule has 0 aliphatic rings. The Morgan fingerprint density at radius 3 is 2.67 bits per heavy atom. The van der Waals surface area contributed by atoms with E-state index < -0.39 is 41.1 Å². The summed E-state index contributed by atoms with van der Waals surface area (Å²) in [5, 5.41) is 12.2. The number of aromatic carboxylic acids is 1. The number of halogens is 1. The lowest BCUT2D eigenvalue weighted by molar-refractivity contribution is -0.120. The van der Waals surface area contributed by atoms with Crippen LogP contribution in [0.5, 0.6) is 0 Å². The average molecular weight is 416 g/mol. The molecule has 1 aromatic carbocycles. The SMILES string of the molecule is NC(N)=NNC(=O)Cc1ccc(N(c2scnc2C(=O)O)S(=O)O)cc1F. The number of nitrogens with zero attached hydrogens (tertiary/aromatic N) is 3. The van der Waals surface area contributed by atoms with E-state index in [1.807, 2.05) is 5.43 Å². The summed E-state index contributed by atoms with van der Waals surface area (Å²) in [7, 11) is 0. The first-order chi connectivity index (χ1) is 12.7. The molecule has 0 saturated carbocycles. The van der Waals surface area contributed by atoms with Gasteiger partial charge in [0.15, 0.2) is 5.69 Å². The third-order valence-corrected chi connectivity index (χ3v) is 4.66. The summed E-state index contributed by atoms with van der Waals surface area (Å²) in [6.45, 7) is 0. The summed E-state index contributed by atoms with van der Waals surface area (Å²) in [6.07, 6.45) is -0.397. The van der Waals surface area contributed by atoms with Crippen molar-refractivity contribution in [2.45, 2.75) is 6.42 Å². The van der Waals surface area contributed by atoms with E-state index >= 15 is 0 Å². The van der Waals surface area contributed by atoms with E-state index in [-0.39, 0.29) is 22.2 Å². The number of aromatic nitrogens is 1. The zero-order valence-corrected chi connectivity index (χ0v) is 15.0. The van der Waals surface area contributed by atoms with Gasteiger partial charge in [0.2, 0.25) is 11.9 Å². The number of benzene rings is 1. The molecule has 0 aliphatic heterocycles. The Morgan fingerprint density at radius 2 is 2.11 bits per heavy atom. The largest absolute Gasteiger partial charge is 0.476 e. The molecule has 144 valence electrons. The van der Waals surface area contributed by atoms with Crippen LogP contribution in [0.1, 0.15) is 16.1 Å². The molecule has 0 spiro atoms. The van der Waals surface area contributed by atoms with Gasteiger partial charge in [0.25, 0.3) is 11.3 Å². The lowest BCUT2D eigenvalue weighted by Gasteiger charge is -2.19. The van der Waals surface area contributed by atoms with E-state index in [1.165, 1.54) is 17.6 Å². The van der Waals surface area contributed by atoms with Crippen molar-refractivity contribution in [2.75, 3.05) is 4.31 Å². The van der Waals surface area contributed by atoms with Gasteiger partial charge >= 0.3 is 5.97 Å². The first-order valence-electron chi connectivity index (χ1n) is 6.94. The fourth-order valence-electron chi connectivity index (χ4n) is 1.95. The number of carboxylic acids is 1. The minimum atomic E-state index is -2.70. The number of guanidine groups is 1. The smallest absolute Gasteiger partial charge is 0.357 e. The van der Waals surface area contributed by atoms with Crippen molar-refractivity contribution in [3.63, 3.8) is 0 Å². The third-order valence-electron chi connectivity index (χ3n) is 3.02. The molecule has 2 rings (SSSR count). The molecule has 0 saturated heterocycles. The van der Waals surface area contributed by atoms with Gasteiger partial charge in [-0.05, 0) is 17.7 Å². The highest BCUT2D eigenvalue weighted by atomic mass is 32.2. The first-order valence-corrected chi connectivity index (χ1v) is 8.88. The van der Waals surface area contributed by atoms with Gasteiger partial charge in [-0.15, -0.1) is 16.4 Å². The first kappa shape index (κ1) is 20.2. The number of carboxylic acid groups (broad SMARTS) is 1. The van der Waals surface area contributed by atoms with Crippen molar-refractivity contribution < 1.29 is 27.8 Å². The molecule has 27 heavy (non-hydrogen) atoms. The fraction of sp³-hybridized carbons (Fsp3) is 0.0769. The highest BCUT2D eigenvalue weighted by molar-refractivity contribution is 7.81. The molecule has 2 aromatic rings. The van der Waals surface area contributed by atoms with Crippen LogP contribution in [-0.4, -0.2) is 36.7 Å². The Labute approximate surface area is 157 Å². The second-order valence-corrected chi connectivity index (χ2v) is 6.52. The van der Waals surface area contributed by atoms with Crippen LogP contribution < -0.4 is 21.2 Å². The van der Waals surface area contributed by atoms with E-state index in [0.717, 1.165) is 17.4 Å². The molecule has 11 nitrogen and oxygen atoms in total. The van der Waals surface area contributed by atoms with Crippen molar-refractivity contribution in [1.29, 1.82) is 0 Å². The number of anilines is 2. The summed E-state index contributed by atoms with van der Waals surface area (Å²) in [6, 6.07) is 3.36. The van der Waals surface area contributed by atoms with Crippen LogP contribution >= 0.6 is 11.3 Å². The number of nitrogens with two attached hydrogens (primary N) is 2. The highest BCUT2D eigenvalue weighted by Gasteiger charge is 2.25. The quantitative estimate of drug-likeness (QED) is 0.182. The lowest BCUT2D eigenvalue weighted by Crippen LogP contribution is -2.29. The van der Waals surface area contributed by atoms with Crippen LogP contribution in [-0.2, 0) is 22.5 Å². The molecule has 14 heteroatoms. The molecular formula is C13H13FN6O5S2. The van der Waals surface area contributed by atoms with Gasteiger partial charge in [0.05, 0.1) is 17.6 Å². The molecule has 0 bridgehead atoms. The van der Waals surface area contributed by atoms with Crippen molar-refractivity contribution >= 4 is 51.1 Å². The van der Waals surface area contributed by atoms with Gasteiger partial charge in [-0.25, -0.2) is 28.1 Å². The molecule has 1 amide bonds. The number of amides is 1. The summed E-state index contributed by atoms with van der Waals surface area (Å²) in [5.41, 5.74) is 12.7. The topological polar surface area (TPSA) is 184 Å². The molecule has 1 heterocycles. The number of rotatable bonds is 7. The minimum absolute atomic E-state index is 0.0338. The number of nitrogens with one attached hydrogen (secondary N) is 1. The van der Waals surface area contributed by atoms with Gasteiger partial charge in [-0.2, -0.15) is 0 Å². The molecule has 1 unspecified atom stereocenters. The van der Waals surface area contributed by atoms with Crippen molar-refractivity contribution in [1.82, 2.24) is 10.4 Å². The van der Waals surface area contributed by atoms with Crippen LogP contribution in [0.25, 0.3) is 0 Å². The van der Waals surface area contributed by atoms with E-state index in [0.29, 0.717) is 4.31 Å². The second kappa shape index (κ2) is 8.52. The number of carbonyl (C=O) groups is 2. The van der Waals surface area contributed by atoms with Crippen LogP contribution in [0, 0.1) is 5.82 Å². The maximum Gasteiger partial charge on any atom is 0.357 e. The normalized spacial score (nSPS) is 11.5. The van der Waals surface area contributed by atoms with Gasteiger partial charge in [-0.3, -0.25) is 9.35 Å². The van der Waals surface area contributed by atoms with Gasteiger partial charge < -0.3 is 16.6 Å². The monoisotopic (exact) mass is 416 g/mol. The van der Waals surface area contributed by atoms with E-state index in [9.17, 15) is 22.7 Å². The minimum Gasteiger partial charge on any atom is -0.476 e. The number of hydrazone groups is 1. The summed E-state index contributed by atoms with van der Waals surface area (Å²) in [4.78, 5) is 26.4. The van der Waals surface area contributed by atoms with E-state index in [1.54, 1.807) is 0 Å². The molecule has 7 N–H and O–H groups in total. The van der Waals surface area contributed by atoms with Crippen molar-refractivity contribution in [3.8, 4) is 0 Å². The maximum absolute atomic E-state index is 14.3. The van der Waals surface area contributed by atoms with E-state index in [2.05, 4.69) is 10.1 Å². The highest BCUT2D eigenvalue weighted by Crippen LogP contribution is 2.34. The maximum atomic E-state index is 14.3. The zero-order valence-electron chi connectivity index (χ0n) is 13.3. The lowest BCUT2D eigenvalue weighted by atomic mass is 10.1. The molecule has 1 aromatic heterocycles. The predicted octanol–water partition coefficient (Wildman–Crippen LogP) is 0.102. The van der Waals surface area contributed by atoms with Crippen LogP contribution in [0.15, 0.2) is 28.8 Å². The summed E-state index contributed by atoms with van der Waals surface area (Å²) >= 11 is -1.90. The third kappa shape index (κ3) is 4.96. The van der Waals surface area contributed by atoms with Gasteiger partial charge in [-0.1, -0.05) is 6.07 Å². The summed E-state index contributed by atoms with van der Waals surface area (Å²) < 4.78 is 36.3. The summed E-state index contributed by atoms with van der Waals surface area (Å²) in [5.74, 6) is -3.33.